The van der Waals surface area contributed by atoms with Crippen LogP contribution in [0.25, 0.3) is 5.65 Å². The van der Waals surface area contributed by atoms with Gasteiger partial charge in [-0.25, -0.2) is 15.0 Å². The fourth-order valence-electron chi connectivity index (χ4n) is 1.68. The van der Waals surface area contributed by atoms with E-state index in [4.69, 9.17) is 0 Å². The topological polar surface area (TPSA) is 55.1 Å². The Kier molecular flexibility index (Phi) is 2.85. The number of nitrogens with one attached hydrogen (secondary N) is 1. The van der Waals surface area contributed by atoms with Crippen LogP contribution >= 0.6 is 11.8 Å². The van der Waals surface area contributed by atoms with Crippen LogP contribution in [0.1, 0.15) is 0 Å². The van der Waals surface area contributed by atoms with E-state index < -0.39 is 0 Å². The van der Waals surface area contributed by atoms with Crippen molar-refractivity contribution in [3.8, 4) is 0 Å². The van der Waals surface area contributed by atoms with Crippen LogP contribution in [-0.2, 0) is 0 Å². The number of aromatic nitrogens is 4. The molecule has 3 aromatic heterocycles. The lowest BCUT2D eigenvalue weighted by molar-refractivity contribution is 1.04. The predicted octanol–water partition coefficient (Wildman–Crippen LogP) is 2.32. The molecule has 0 spiro atoms. The summed E-state index contributed by atoms with van der Waals surface area (Å²) < 4.78 is 1.90. The Bertz CT molecular complexity index is 679. The zero-order valence-electron chi connectivity index (χ0n) is 9.74. The van der Waals surface area contributed by atoms with Gasteiger partial charge in [-0.3, -0.25) is 4.40 Å². The van der Waals surface area contributed by atoms with Crippen LogP contribution in [0.5, 0.6) is 0 Å². The minimum absolute atomic E-state index is 0.857. The third kappa shape index (κ3) is 1.91. The third-order valence-corrected chi connectivity index (χ3v) is 3.56. The first-order chi connectivity index (χ1) is 8.88. The highest BCUT2D eigenvalue weighted by atomic mass is 32.2. The summed E-state index contributed by atoms with van der Waals surface area (Å²) in [5, 5.41) is 3.08. The van der Waals surface area contributed by atoms with Crippen LogP contribution in [0.15, 0.2) is 53.0 Å². The molecule has 3 aromatic rings. The molecule has 0 aliphatic heterocycles. The molecule has 0 unspecified atom stereocenters. The first-order valence-electron chi connectivity index (χ1n) is 5.46. The van der Waals surface area contributed by atoms with Gasteiger partial charge in [-0.1, -0.05) is 11.8 Å². The highest BCUT2D eigenvalue weighted by Gasteiger charge is 2.08. The number of hydrogen-bond acceptors (Lipinski definition) is 5. The smallest absolute Gasteiger partial charge is 0.153 e. The largest absolute Gasteiger partial charge is 0.372 e. The van der Waals surface area contributed by atoms with Crippen LogP contribution < -0.4 is 5.32 Å². The van der Waals surface area contributed by atoms with E-state index in [0.29, 0.717) is 0 Å². The molecule has 3 heterocycles. The van der Waals surface area contributed by atoms with Crippen LogP contribution in [0.2, 0.25) is 0 Å². The summed E-state index contributed by atoms with van der Waals surface area (Å²) in [4.78, 5) is 14.9. The van der Waals surface area contributed by atoms with E-state index in [1.54, 1.807) is 30.5 Å². The zero-order valence-corrected chi connectivity index (χ0v) is 10.6. The average molecular weight is 257 g/mol. The zero-order chi connectivity index (χ0) is 12.4. The summed E-state index contributed by atoms with van der Waals surface area (Å²) in [7, 11) is 1.86. The number of fused-ring (bicyclic) bond motifs is 1. The van der Waals surface area contributed by atoms with Gasteiger partial charge in [0.15, 0.2) is 5.65 Å². The average Bonchev–Trinajstić information content (AvgIpc) is 2.89. The first kappa shape index (κ1) is 11.0. The maximum Gasteiger partial charge on any atom is 0.153 e. The first-order valence-corrected chi connectivity index (χ1v) is 6.27. The number of rotatable bonds is 3. The molecule has 0 saturated heterocycles. The second-order valence-corrected chi connectivity index (χ2v) is 4.70. The number of imidazole rings is 1. The maximum atomic E-state index is 4.33. The summed E-state index contributed by atoms with van der Waals surface area (Å²) in [5.74, 6) is 0.857. The van der Waals surface area contributed by atoms with Crippen molar-refractivity contribution in [1.29, 1.82) is 0 Å². The third-order valence-electron chi connectivity index (χ3n) is 2.50. The molecule has 0 bridgehead atoms. The highest BCUT2D eigenvalue weighted by molar-refractivity contribution is 7.99. The lowest BCUT2D eigenvalue weighted by atomic mass is 10.5. The molecule has 0 aromatic carbocycles. The van der Waals surface area contributed by atoms with Crippen molar-refractivity contribution in [2.45, 2.75) is 9.79 Å². The summed E-state index contributed by atoms with van der Waals surface area (Å²) >= 11 is 1.60. The van der Waals surface area contributed by atoms with E-state index in [1.807, 2.05) is 36.0 Å². The molecule has 1 N–H and O–H groups in total. The molecule has 0 atom stereocenters. The maximum absolute atomic E-state index is 4.33. The minimum atomic E-state index is 0.857. The summed E-state index contributed by atoms with van der Waals surface area (Å²) in [6.45, 7) is 0. The van der Waals surface area contributed by atoms with Crippen molar-refractivity contribution in [2.24, 2.45) is 0 Å². The standard InChI is InChI=1S/C12H11N5S/c1-13-11-9(3-2-4-15-11)18-10-7-14-8-17-6-5-16-12(10)17/h2-8H,1H3,(H,13,15). The van der Waals surface area contributed by atoms with Crippen LogP contribution in [0.4, 0.5) is 5.82 Å². The predicted molar refractivity (Wildman–Crippen MR) is 70.9 cm³/mol. The number of anilines is 1. The SMILES string of the molecule is CNc1ncccc1Sc1cncn2ccnc12. The van der Waals surface area contributed by atoms with E-state index in [2.05, 4.69) is 20.3 Å². The van der Waals surface area contributed by atoms with Crippen molar-refractivity contribution in [2.75, 3.05) is 12.4 Å². The summed E-state index contributed by atoms with van der Waals surface area (Å²) in [6, 6.07) is 3.94. The molecule has 0 aliphatic rings. The van der Waals surface area contributed by atoms with E-state index in [0.717, 1.165) is 21.3 Å². The summed E-state index contributed by atoms with van der Waals surface area (Å²) in [6.07, 6.45) is 8.98. The molecule has 18 heavy (non-hydrogen) atoms. The monoisotopic (exact) mass is 257 g/mol. The van der Waals surface area contributed by atoms with Crippen molar-refractivity contribution in [3.05, 3.63) is 43.2 Å². The number of nitrogens with zero attached hydrogens (tertiary/aromatic N) is 4. The minimum Gasteiger partial charge on any atom is -0.372 e. The lowest BCUT2D eigenvalue weighted by Gasteiger charge is -2.07. The molecule has 90 valence electrons. The molecule has 0 saturated carbocycles. The van der Waals surface area contributed by atoms with Crippen LogP contribution in [0, 0.1) is 0 Å². The molecule has 6 heteroatoms. The van der Waals surface area contributed by atoms with Gasteiger partial charge >= 0.3 is 0 Å². The van der Waals surface area contributed by atoms with E-state index in [-0.39, 0.29) is 0 Å². The highest BCUT2D eigenvalue weighted by Crippen LogP contribution is 2.33. The van der Waals surface area contributed by atoms with Crippen molar-refractivity contribution in [1.82, 2.24) is 19.4 Å². The fourth-order valence-corrected chi connectivity index (χ4v) is 2.68. The Labute approximate surface area is 108 Å². The van der Waals surface area contributed by atoms with Crippen molar-refractivity contribution in [3.63, 3.8) is 0 Å². The molecular formula is C12H11N5S. The van der Waals surface area contributed by atoms with Gasteiger partial charge in [0.25, 0.3) is 0 Å². The Morgan fingerprint density at radius 1 is 1.22 bits per heavy atom. The Morgan fingerprint density at radius 2 is 2.17 bits per heavy atom. The molecule has 5 nitrogen and oxygen atoms in total. The quantitative estimate of drug-likeness (QED) is 0.780. The van der Waals surface area contributed by atoms with Crippen LogP contribution in [-0.4, -0.2) is 26.4 Å². The second-order valence-electron chi connectivity index (χ2n) is 3.62. The molecule has 0 amide bonds. The van der Waals surface area contributed by atoms with Gasteiger partial charge in [0, 0.05) is 31.8 Å². The Hall–Kier alpha value is -2.08. The van der Waals surface area contributed by atoms with Crippen molar-refractivity contribution < 1.29 is 0 Å². The van der Waals surface area contributed by atoms with Crippen LogP contribution in [0.3, 0.4) is 0 Å². The number of hydrogen-bond donors (Lipinski definition) is 1. The molecule has 0 aliphatic carbocycles. The molecule has 0 radical (unpaired) electrons. The molecule has 0 fully saturated rings. The van der Waals surface area contributed by atoms with Gasteiger partial charge in [-0.15, -0.1) is 0 Å². The molecular weight excluding hydrogens is 246 g/mol. The lowest BCUT2D eigenvalue weighted by Crippen LogP contribution is -1.94. The second kappa shape index (κ2) is 4.66. The van der Waals surface area contributed by atoms with E-state index in [1.165, 1.54) is 0 Å². The van der Waals surface area contributed by atoms with Crippen molar-refractivity contribution >= 4 is 23.2 Å². The fraction of sp³-hybridized carbons (Fsp3) is 0.0833. The Balaban J connectivity index is 2.04. The van der Waals surface area contributed by atoms with Gasteiger partial charge in [0.1, 0.15) is 12.1 Å². The van der Waals surface area contributed by atoms with Gasteiger partial charge < -0.3 is 5.32 Å². The Morgan fingerprint density at radius 3 is 3.06 bits per heavy atom. The van der Waals surface area contributed by atoms with E-state index in [9.17, 15) is 0 Å². The van der Waals surface area contributed by atoms with Gasteiger partial charge in [-0.2, -0.15) is 0 Å². The van der Waals surface area contributed by atoms with Gasteiger partial charge in [-0.05, 0) is 12.1 Å². The van der Waals surface area contributed by atoms with Gasteiger partial charge in [0.2, 0.25) is 0 Å². The van der Waals surface area contributed by atoms with Gasteiger partial charge in [0.05, 0.1) is 9.79 Å². The summed E-state index contributed by atoms with van der Waals surface area (Å²) in [5.41, 5.74) is 0.904. The molecule has 3 rings (SSSR count). The number of pyridine rings is 1. The van der Waals surface area contributed by atoms with E-state index >= 15 is 0 Å². The normalized spacial score (nSPS) is 10.7.